The van der Waals surface area contributed by atoms with Crippen LogP contribution in [0, 0.1) is 11.6 Å². The van der Waals surface area contributed by atoms with Crippen LogP contribution >= 0.6 is 31.9 Å². The largest absolute Gasteiger partial charge is 0.450 e. The molecule has 1 heterocycles. The smallest absolute Gasteiger partial charge is 0.410 e. The number of hydrogen-bond donors (Lipinski definition) is 0. The molecule has 0 bridgehead atoms. The topological polar surface area (TPSA) is 46.6 Å². The fourth-order valence-corrected chi connectivity index (χ4v) is 3.66. The summed E-state index contributed by atoms with van der Waals surface area (Å²) in [6, 6.07) is 8.94. The predicted octanol–water partition coefficient (Wildman–Crippen LogP) is 6.00. The van der Waals surface area contributed by atoms with Crippen LogP contribution < -0.4 is 0 Å². The maximum absolute atomic E-state index is 14.3. The third-order valence-electron chi connectivity index (χ3n) is 4.42. The molecule has 2 aromatic rings. The molecule has 0 radical (unpaired) electrons. The van der Waals surface area contributed by atoms with Crippen molar-refractivity contribution in [3.63, 3.8) is 0 Å². The summed E-state index contributed by atoms with van der Waals surface area (Å²) >= 11 is 6.39. The van der Waals surface area contributed by atoms with Crippen LogP contribution in [0.2, 0.25) is 0 Å². The normalized spacial score (nSPS) is 17.0. The highest BCUT2D eigenvalue weighted by molar-refractivity contribution is 9.10. The zero-order chi connectivity index (χ0) is 21.8. The minimum atomic E-state index is -0.602. The number of carbonyl (C=O) groups is 2. The number of hydrogen-bond acceptors (Lipinski definition) is 3. The Hall–Kier alpha value is -2.32. The Morgan fingerprint density at radius 1 is 1.00 bits per heavy atom. The third kappa shape index (κ3) is 5.23. The molecule has 1 aliphatic rings. The number of benzene rings is 2. The van der Waals surface area contributed by atoms with E-state index in [1.165, 1.54) is 41.3 Å². The van der Waals surface area contributed by atoms with Crippen molar-refractivity contribution in [1.29, 1.82) is 0 Å². The lowest BCUT2D eigenvalue weighted by atomic mass is 9.94. The van der Waals surface area contributed by atoms with E-state index in [1.807, 2.05) is 0 Å². The molecule has 0 atom stereocenters. The molecule has 2 aromatic carbocycles. The lowest BCUT2D eigenvalue weighted by Gasteiger charge is -2.29. The molecule has 0 N–H and O–H groups in total. The van der Waals surface area contributed by atoms with Crippen molar-refractivity contribution < 1.29 is 23.1 Å². The molecular weight excluding hydrogens is 524 g/mol. The van der Waals surface area contributed by atoms with Crippen molar-refractivity contribution in [2.75, 3.05) is 19.7 Å². The average molecular weight is 541 g/mol. The molecule has 30 heavy (non-hydrogen) atoms. The predicted molar refractivity (Wildman–Crippen MR) is 118 cm³/mol. The van der Waals surface area contributed by atoms with Crippen LogP contribution in [0.1, 0.15) is 18.1 Å². The summed E-state index contributed by atoms with van der Waals surface area (Å²) in [5.74, 6) is -1.40. The molecule has 0 aromatic heterocycles. The summed E-state index contributed by atoms with van der Waals surface area (Å²) in [5.41, 5.74) is 0.835. The van der Waals surface area contributed by atoms with E-state index >= 15 is 0 Å². The standard InChI is InChI=1S/C22H17Br2F2NO3/c1-2-30-22(29)27-11-15(7-13-3-5-17(23)9-19(13)25)21(28)16(12-27)8-14-4-6-18(24)10-20(14)26/h3-10H,2,11-12H2,1H3/b15-7-,16-8+. The van der Waals surface area contributed by atoms with E-state index in [0.29, 0.717) is 8.95 Å². The highest BCUT2D eigenvalue weighted by Gasteiger charge is 2.30. The Morgan fingerprint density at radius 2 is 1.47 bits per heavy atom. The van der Waals surface area contributed by atoms with Gasteiger partial charge in [-0.1, -0.05) is 44.0 Å². The molecule has 1 aliphatic heterocycles. The fourth-order valence-electron chi connectivity index (χ4n) is 3.00. The number of piperidine rings is 1. The molecule has 0 spiro atoms. The van der Waals surface area contributed by atoms with Gasteiger partial charge in [0.05, 0.1) is 19.7 Å². The zero-order valence-electron chi connectivity index (χ0n) is 15.9. The summed E-state index contributed by atoms with van der Waals surface area (Å²) < 4.78 is 34.8. The van der Waals surface area contributed by atoms with Gasteiger partial charge in [0.15, 0.2) is 5.78 Å². The van der Waals surface area contributed by atoms with E-state index in [9.17, 15) is 18.4 Å². The molecule has 8 heteroatoms. The molecule has 1 amide bonds. The SMILES string of the molecule is CCOC(=O)N1C/C(=C/c2ccc(Br)cc2F)C(=O)/C(=C/c2ccc(Br)cc2F)C1. The van der Waals surface area contributed by atoms with Crippen molar-refractivity contribution in [3.8, 4) is 0 Å². The van der Waals surface area contributed by atoms with Crippen molar-refractivity contribution in [2.24, 2.45) is 0 Å². The van der Waals surface area contributed by atoms with Gasteiger partial charge in [-0.3, -0.25) is 9.69 Å². The number of ether oxygens (including phenoxy) is 1. The van der Waals surface area contributed by atoms with Crippen molar-refractivity contribution >= 4 is 55.9 Å². The van der Waals surface area contributed by atoms with Gasteiger partial charge < -0.3 is 4.74 Å². The number of amides is 1. The van der Waals surface area contributed by atoms with E-state index in [1.54, 1.807) is 19.1 Å². The van der Waals surface area contributed by atoms with E-state index in [-0.39, 0.29) is 47.8 Å². The van der Waals surface area contributed by atoms with Crippen LogP contribution in [-0.2, 0) is 9.53 Å². The molecular formula is C22H17Br2F2NO3. The van der Waals surface area contributed by atoms with Gasteiger partial charge in [-0.2, -0.15) is 0 Å². The van der Waals surface area contributed by atoms with Crippen LogP contribution in [0.4, 0.5) is 13.6 Å². The number of Topliss-reactive ketones (excluding diaryl/α,β-unsaturated/α-hetero) is 1. The van der Waals surface area contributed by atoms with E-state index < -0.39 is 17.7 Å². The number of likely N-dealkylation sites (tertiary alicyclic amines) is 1. The lowest BCUT2D eigenvalue weighted by molar-refractivity contribution is -0.113. The monoisotopic (exact) mass is 539 g/mol. The zero-order valence-corrected chi connectivity index (χ0v) is 19.1. The van der Waals surface area contributed by atoms with Crippen molar-refractivity contribution in [2.45, 2.75) is 6.92 Å². The van der Waals surface area contributed by atoms with Gasteiger partial charge in [0.25, 0.3) is 0 Å². The average Bonchev–Trinajstić information content (AvgIpc) is 2.69. The highest BCUT2D eigenvalue weighted by Crippen LogP contribution is 2.26. The third-order valence-corrected chi connectivity index (χ3v) is 5.40. The first-order valence-corrected chi connectivity index (χ1v) is 10.6. The summed E-state index contributed by atoms with van der Waals surface area (Å²) in [5, 5.41) is 0. The van der Waals surface area contributed by atoms with E-state index in [4.69, 9.17) is 4.74 Å². The Labute approximate surface area is 189 Å². The summed E-state index contributed by atoms with van der Waals surface area (Å²) in [6.07, 6.45) is 2.21. The summed E-state index contributed by atoms with van der Waals surface area (Å²) in [7, 11) is 0. The molecule has 4 nitrogen and oxygen atoms in total. The van der Waals surface area contributed by atoms with Gasteiger partial charge in [-0.15, -0.1) is 0 Å². The Balaban J connectivity index is 2.03. The number of ketones is 1. The molecule has 1 fully saturated rings. The lowest BCUT2D eigenvalue weighted by Crippen LogP contribution is -2.41. The van der Waals surface area contributed by atoms with Gasteiger partial charge in [-0.25, -0.2) is 13.6 Å². The van der Waals surface area contributed by atoms with Crippen LogP contribution in [0.3, 0.4) is 0 Å². The number of carbonyl (C=O) groups excluding carboxylic acids is 2. The Kier molecular flexibility index (Phi) is 7.20. The molecule has 0 aliphatic carbocycles. The van der Waals surface area contributed by atoms with Gasteiger partial charge in [-0.05, 0) is 43.3 Å². The highest BCUT2D eigenvalue weighted by atomic mass is 79.9. The molecule has 3 rings (SSSR count). The first kappa shape index (κ1) is 22.4. The number of nitrogens with zero attached hydrogens (tertiary/aromatic N) is 1. The van der Waals surface area contributed by atoms with Gasteiger partial charge >= 0.3 is 6.09 Å². The maximum Gasteiger partial charge on any atom is 0.410 e. The minimum Gasteiger partial charge on any atom is -0.450 e. The van der Waals surface area contributed by atoms with Crippen LogP contribution in [0.15, 0.2) is 56.5 Å². The summed E-state index contributed by atoms with van der Waals surface area (Å²) in [4.78, 5) is 26.7. The van der Waals surface area contributed by atoms with Crippen LogP contribution in [0.5, 0.6) is 0 Å². The van der Waals surface area contributed by atoms with Crippen molar-refractivity contribution in [1.82, 2.24) is 4.90 Å². The van der Waals surface area contributed by atoms with Crippen LogP contribution in [-0.4, -0.2) is 36.5 Å². The summed E-state index contributed by atoms with van der Waals surface area (Å²) in [6.45, 7) is 1.78. The first-order valence-electron chi connectivity index (χ1n) is 9.06. The Morgan fingerprint density at radius 3 is 1.87 bits per heavy atom. The van der Waals surface area contributed by atoms with E-state index in [2.05, 4.69) is 31.9 Å². The van der Waals surface area contributed by atoms with Crippen molar-refractivity contribution in [3.05, 3.63) is 79.3 Å². The minimum absolute atomic E-state index is 0.0344. The second-order valence-electron chi connectivity index (χ2n) is 6.55. The fraction of sp³-hybridized carbons (Fsp3) is 0.182. The second-order valence-corrected chi connectivity index (χ2v) is 8.39. The maximum atomic E-state index is 14.3. The quantitative estimate of drug-likeness (QED) is 0.449. The molecule has 0 saturated carbocycles. The van der Waals surface area contributed by atoms with Crippen LogP contribution in [0.25, 0.3) is 12.2 Å². The number of halogens is 4. The first-order chi connectivity index (χ1) is 14.3. The second kappa shape index (κ2) is 9.66. The molecule has 0 unspecified atom stereocenters. The molecule has 1 saturated heterocycles. The van der Waals surface area contributed by atoms with E-state index in [0.717, 1.165) is 0 Å². The van der Waals surface area contributed by atoms with Gasteiger partial charge in [0.1, 0.15) is 11.6 Å². The Bertz CT molecular complexity index is 993. The van der Waals surface area contributed by atoms with Gasteiger partial charge in [0.2, 0.25) is 0 Å². The van der Waals surface area contributed by atoms with Gasteiger partial charge in [0, 0.05) is 31.2 Å². The number of rotatable bonds is 3. The molecule has 156 valence electrons.